The zero-order valence-corrected chi connectivity index (χ0v) is 17.8. The number of hydrogen-bond acceptors (Lipinski definition) is 7. The number of carbonyl (C=O) groups is 2. The molecule has 0 aromatic carbocycles. The summed E-state index contributed by atoms with van der Waals surface area (Å²) in [6.07, 6.45) is -15.7. The van der Waals surface area contributed by atoms with Gasteiger partial charge < -0.3 is 19.3 Å². The maximum atomic E-state index is 13.6. The highest BCUT2D eigenvalue weighted by atomic mass is 32.2. The van der Waals surface area contributed by atoms with Gasteiger partial charge in [-0.25, -0.2) is 13.2 Å². The van der Waals surface area contributed by atoms with E-state index in [1.54, 1.807) is 0 Å². The number of carbonyl (C=O) groups excluding carboxylic acids is 2. The third-order valence-electron chi connectivity index (χ3n) is 3.60. The molecule has 200 valence electrons. The zero-order valence-electron chi connectivity index (χ0n) is 17.0. The smallest absolute Gasteiger partial charge is 0.466 e. The SMILES string of the molecule is C=C(C(=O)OC(OCCCC(F)(F)C(F)(F)S(=O)(=O)[O-])(C(=O)NC(C)C)C(F)(F)F)C(F)(F)F. The van der Waals surface area contributed by atoms with E-state index in [9.17, 15) is 66.5 Å². The van der Waals surface area contributed by atoms with Gasteiger partial charge in [-0.15, -0.1) is 0 Å². The van der Waals surface area contributed by atoms with E-state index in [4.69, 9.17) is 0 Å². The van der Waals surface area contributed by atoms with Crippen molar-refractivity contribution >= 4 is 22.0 Å². The van der Waals surface area contributed by atoms with Crippen LogP contribution in [0.25, 0.3) is 0 Å². The lowest BCUT2D eigenvalue weighted by molar-refractivity contribution is -0.348. The normalized spacial score (nSPS) is 15.6. The van der Waals surface area contributed by atoms with Crippen LogP contribution in [0.2, 0.25) is 0 Å². The molecule has 0 fully saturated rings. The molecular formula is C15H16F10NO7S-. The molecule has 0 saturated carbocycles. The van der Waals surface area contributed by atoms with E-state index in [-0.39, 0.29) is 0 Å². The second-order valence-corrected chi connectivity index (χ2v) is 8.16. The molecule has 0 bridgehead atoms. The van der Waals surface area contributed by atoms with Crippen LogP contribution in [0.3, 0.4) is 0 Å². The highest BCUT2D eigenvalue weighted by molar-refractivity contribution is 7.86. The van der Waals surface area contributed by atoms with Crippen LogP contribution in [0.4, 0.5) is 43.9 Å². The average Bonchev–Trinajstić information content (AvgIpc) is 2.59. The molecule has 0 aliphatic heterocycles. The Balaban J connectivity index is 6.01. The zero-order chi connectivity index (χ0) is 27.6. The fraction of sp³-hybridized carbons (Fsp3) is 0.733. The van der Waals surface area contributed by atoms with Gasteiger partial charge in [0.2, 0.25) is 0 Å². The summed E-state index contributed by atoms with van der Waals surface area (Å²) in [6.45, 7) is 2.46. The van der Waals surface area contributed by atoms with Crippen LogP contribution in [0.1, 0.15) is 26.7 Å². The Hall–Kier alpha value is -2.15. The van der Waals surface area contributed by atoms with Gasteiger partial charge in [-0.1, -0.05) is 6.58 Å². The van der Waals surface area contributed by atoms with Crippen LogP contribution < -0.4 is 5.32 Å². The molecule has 34 heavy (non-hydrogen) atoms. The molecule has 0 aliphatic carbocycles. The third-order valence-corrected chi connectivity index (χ3v) is 4.52. The van der Waals surface area contributed by atoms with E-state index in [1.165, 1.54) is 5.32 Å². The first-order valence-corrected chi connectivity index (χ1v) is 9.96. The van der Waals surface area contributed by atoms with E-state index < -0.39 is 82.4 Å². The molecule has 0 aliphatic rings. The molecule has 0 rings (SSSR count). The summed E-state index contributed by atoms with van der Waals surface area (Å²) >= 11 is 0. The van der Waals surface area contributed by atoms with Crippen molar-refractivity contribution in [1.29, 1.82) is 0 Å². The molecule has 8 nitrogen and oxygen atoms in total. The predicted molar refractivity (Wildman–Crippen MR) is 88.1 cm³/mol. The van der Waals surface area contributed by atoms with Gasteiger partial charge in [-0.2, -0.15) is 43.9 Å². The Kier molecular flexibility index (Phi) is 9.58. The van der Waals surface area contributed by atoms with Crippen LogP contribution in [0, 0.1) is 0 Å². The number of halogens is 10. The van der Waals surface area contributed by atoms with Gasteiger partial charge in [0, 0.05) is 12.5 Å². The number of alkyl halides is 10. The lowest BCUT2D eigenvalue weighted by atomic mass is 10.1. The Labute approximate surface area is 185 Å². The Bertz CT molecular complexity index is 883. The Morgan fingerprint density at radius 1 is 1.00 bits per heavy atom. The summed E-state index contributed by atoms with van der Waals surface area (Å²) in [7, 11) is -6.92. The van der Waals surface area contributed by atoms with Crippen LogP contribution in [0.15, 0.2) is 12.2 Å². The maximum absolute atomic E-state index is 13.6. The molecule has 0 aromatic rings. The van der Waals surface area contributed by atoms with Crippen molar-refractivity contribution in [2.24, 2.45) is 0 Å². The molecule has 19 heteroatoms. The first-order valence-electron chi connectivity index (χ1n) is 8.55. The lowest BCUT2D eigenvalue weighted by Gasteiger charge is -2.34. The standard InChI is InChI=1S/C15H17F10NO7S/c1-7(2)26-10(28)12(14(21,22)23,33-9(27)8(3)13(18,19)20)32-6-4-5-11(16,17)15(24,25)34(29,30)31/h7H,3-6H2,1-2H3,(H,26,28)(H,29,30,31)/p-1. The first-order chi connectivity index (χ1) is 14.8. The second kappa shape index (κ2) is 10.2. The van der Waals surface area contributed by atoms with Gasteiger partial charge in [0.1, 0.15) is 5.57 Å². The molecule has 0 radical (unpaired) electrons. The van der Waals surface area contributed by atoms with E-state index in [2.05, 4.69) is 16.1 Å². The van der Waals surface area contributed by atoms with Crippen molar-refractivity contribution < 1.29 is 75.9 Å². The minimum absolute atomic E-state index is 1.06. The van der Waals surface area contributed by atoms with E-state index in [1.807, 2.05) is 0 Å². The largest absolute Gasteiger partial charge is 0.743 e. The van der Waals surface area contributed by atoms with Gasteiger partial charge in [0.25, 0.3) is 0 Å². The van der Waals surface area contributed by atoms with Gasteiger partial charge >= 0.3 is 41.2 Å². The summed E-state index contributed by atoms with van der Waals surface area (Å²) in [5.41, 5.74) is -2.52. The van der Waals surface area contributed by atoms with Crippen molar-refractivity contribution in [1.82, 2.24) is 5.32 Å². The molecule has 0 saturated heterocycles. The molecule has 0 spiro atoms. The van der Waals surface area contributed by atoms with Crippen LogP contribution in [-0.2, 0) is 29.2 Å². The minimum atomic E-state index is -6.92. The molecule has 0 aromatic heterocycles. The topological polar surface area (TPSA) is 122 Å². The molecule has 0 heterocycles. The summed E-state index contributed by atoms with van der Waals surface area (Å²) in [6, 6.07) is -1.17. The number of rotatable bonds is 11. The molecule has 1 atom stereocenters. The lowest BCUT2D eigenvalue weighted by Crippen LogP contribution is -2.62. The maximum Gasteiger partial charge on any atom is 0.466 e. The Morgan fingerprint density at radius 2 is 1.47 bits per heavy atom. The monoisotopic (exact) mass is 544 g/mol. The van der Waals surface area contributed by atoms with Crippen LogP contribution in [-0.4, -0.2) is 66.8 Å². The third kappa shape index (κ3) is 7.17. The summed E-state index contributed by atoms with van der Waals surface area (Å²) in [4.78, 5) is 23.6. The van der Waals surface area contributed by atoms with Crippen molar-refractivity contribution in [3.63, 3.8) is 0 Å². The van der Waals surface area contributed by atoms with Gasteiger partial charge in [-0.05, 0) is 20.3 Å². The summed E-state index contributed by atoms with van der Waals surface area (Å²) < 4.78 is 170. The fourth-order valence-corrected chi connectivity index (χ4v) is 2.38. The van der Waals surface area contributed by atoms with Gasteiger partial charge in [0.05, 0.1) is 6.61 Å². The Morgan fingerprint density at radius 3 is 1.82 bits per heavy atom. The second-order valence-electron chi connectivity index (χ2n) is 6.74. The van der Waals surface area contributed by atoms with Crippen molar-refractivity contribution in [3.8, 4) is 0 Å². The van der Waals surface area contributed by atoms with Crippen LogP contribution in [0.5, 0.6) is 0 Å². The molecule has 1 unspecified atom stereocenters. The number of ether oxygens (including phenoxy) is 2. The van der Waals surface area contributed by atoms with E-state index in [0.717, 1.165) is 13.8 Å². The average molecular weight is 544 g/mol. The number of nitrogens with one attached hydrogen (secondary N) is 1. The van der Waals surface area contributed by atoms with E-state index >= 15 is 0 Å². The fourth-order valence-electron chi connectivity index (χ4n) is 1.91. The first kappa shape index (κ1) is 31.9. The highest BCUT2D eigenvalue weighted by Crippen LogP contribution is 2.42. The molecular weight excluding hydrogens is 528 g/mol. The van der Waals surface area contributed by atoms with Gasteiger partial charge in [-0.3, -0.25) is 4.79 Å². The van der Waals surface area contributed by atoms with Crippen molar-refractivity contribution in [2.75, 3.05) is 6.61 Å². The summed E-state index contributed by atoms with van der Waals surface area (Å²) in [5.74, 6) is -15.8. The van der Waals surface area contributed by atoms with E-state index in [0.29, 0.717) is 0 Å². The highest BCUT2D eigenvalue weighted by Gasteiger charge is 2.67. The quantitative estimate of drug-likeness (QED) is 0.106. The van der Waals surface area contributed by atoms with Crippen molar-refractivity contribution in [3.05, 3.63) is 12.2 Å². The molecule has 1 amide bonds. The number of esters is 1. The number of hydrogen-bond donors (Lipinski definition) is 1. The van der Waals surface area contributed by atoms with Gasteiger partial charge in [0.15, 0.2) is 10.1 Å². The minimum Gasteiger partial charge on any atom is -0.743 e. The van der Waals surface area contributed by atoms with Crippen LogP contribution >= 0.6 is 0 Å². The number of amides is 1. The predicted octanol–water partition coefficient (Wildman–Crippen LogP) is 3.00. The van der Waals surface area contributed by atoms with Crippen molar-refractivity contribution in [2.45, 2.75) is 62.0 Å². The molecule has 1 N–H and O–H groups in total. The summed E-state index contributed by atoms with van der Waals surface area (Å²) in [5, 5.41) is -4.67.